The molecule has 0 aliphatic carbocycles. The molecule has 1 aromatic carbocycles. The Morgan fingerprint density at radius 3 is 2.95 bits per heavy atom. The number of rotatable bonds is 4. The maximum Gasteiger partial charge on any atom is 0.252 e. The van der Waals surface area contributed by atoms with Crippen molar-refractivity contribution in [3.05, 3.63) is 66.1 Å². The van der Waals surface area contributed by atoms with Crippen LogP contribution in [0.5, 0.6) is 0 Å². The van der Waals surface area contributed by atoms with Crippen LogP contribution in [0.3, 0.4) is 0 Å². The number of fused-ring (bicyclic) bond motifs is 1. The standard InChI is InChI=1S/C17H17N3O/c1-13-4-2-6-16-15(13)7-10-20(16)11-9-19-17(21)14-5-3-8-18-12-14/h2-8,10,12H,9,11H2,1H3,(H,19,21). The van der Waals surface area contributed by atoms with Gasteiger partial charge in [0.1, 0.15) is 0 Å². The molecule has 0 radical (unpaired) electrons. The summed E-state index contributed by atoms with van der Waals surface area (Å²) in [5.41, 5.74) is 3.06. The molecular formula is C17H17N3O. The van der Waals surface area contributed by atoms with Gasteiger partial charge in [-0.1, -0.05) is 12.1 Å². The lowest BCUT2D eigenvalue weighted by Gasteiger charge is -2.08. The first kappa shape index (κ1) is 13.4. The smallest absolute Gasteiger partial charge is 0.252 e. The van der Waals surface area contributed by atoms with Crippen molar-refractivity contribution in [1.29, 1.82) is 0 Å². The van der Waals surface area contributed by atoms with Gasteiger partial charge in [-0.2, -0.15) is 0 Å². The summed E-state index contributed by atoms with van der Waals surface area (Å²) in [5.74, 6) is -0.0873. The molecule has 0 saturated heterocycles. The second-order valence-corrected chi connectivity index (χ2v) is 5.01. The lowest BCUT2D eigenvalue weighted by atomic mass is 10.1. The molecule has 0 atom stereocenters. The molecule has 2 aromatic heterocycles. The van der Waals surface area contributed by atoms with Crippen LogP contribution in [0.15, 0.2) is 55.0 Å². The van der Waals surface area contributed by atoms with Crippen LogP contribution in [0, 0.1) is 6.92 Å². The van der Waals surface area contributed by atoms with Crippen molar-refractivity contribution in [2.75, 3.05) is 6.54 Å². The second-order valence-electron chi connectivity index (χ2n) is 5.01. The molecule has 106 valence electrons. The third kappa shape index (κ3) is 2.79. The van der Waals surface area contributed by atoms with Crippen LogP contribution in [0.1, 0.15) is 15.9 Å². The van der Waals surface area contributed by atoms with E-state index in [9.17, 15) is 4.79 Å². The summed E-state index contributed by atoms with van der Waals surface area (Å²) in [5, 5.41) is 4.18. The Labute approximate surface area is 123 Å². The molecule has 3 rings (SSSR count). The van der Waals surface area contributed by atoms with Crippen LogP contribution >= 0.6 is 0 Å². The number of nitrogens with zero attached hydrogens (tertiary/aromatic N) is 2. The van der Waals surface area contributed by atoms with Crippen molar-refractivity contribution < 1.29 is 4.79 Å². The summed E-state index contributed by atoms with van der Waals surface area (Å²) in [6.45, 7) is 3.45. The lowest BCUT2D eigenvalue weighted by molar-refractivity contribution is 0.0952. The van der Waals surface area contributed by atoms with Crippen molar-refractivity contribution in [1.82, 2.24) is 14.9 Å². The number of amides is 1. The highest BCUT2D eigenvalue weighted by atomic mass is 16.1. The molecule has 0 fully saturated rings. The highest BCUT2D eigenvalue weighted by Crippen LogP contribution is 2.19. The predicted octanol–water partition coefficient (Wildman–Crippen LogP) is 2.77. The molecule has 2 heterocycles. The molecule has 0 saturated carbocycles. The topological polar surface area (TPSA) is 46.9 Å². The zero-order valence-electron chi connectivity index (χ0n) is 11.9. The highest BCUT2D eigenvalue weighted by Gasteiger charge is 2.05. The Morgan fingerprint density at radius 1 is 1.24 bits per heavy atom. The molecular weight excluding hydrogens is 262 g/mol. The number of hydrogen-bond acceptors (Lipinski definition) is 2. The molecule has 0 aliphatic heterocycles. The van der Waals surface area contributed by atoms with E-state index in [2.05, 4.69) is 52.3 Å². The Hall–Kier alpha value is -2.62. The van der Waals surface area contributed by atoms with Crippen LogP contribution < -0.4 is 5.32 Å². The molecule has 0 unspecified atom stereocenters. The average Bonchev–Trinajstić information content (AvgIpc) is 2.93. The van der Waals surface area contributed by atoms with Gasteiger partial charge in [0.05, 0.1) is 5.56 Å². The van der Waals surface area contributed by atoms with Crippen LogP contribution in [0.25, 0.3) is 10.9 Å². The van der Waals surface area contributed by atoms with Crippen LogP contribution in [-0.4, -0.2) is 22.0 Å². The Balaban J connectivity index is 1.65. The van der Waals surface area contributed by atoms with Gasteiger partial charge in [-0.05, 0) is 36.8 Å². The minimum Gasteiger partial charge on any atom is -0.350 e. The van der Waals surface area contributed by atoms with Crippen LogP contribution in [0.2, 0.25) is 0 Å². The van der Waals surface area contributed by atoms with Crippen LogP contribution in [0.4, 0.5) is 0 Å². The van der Waals surface area contributed by atoms with Crippen LogP contribution in [-0.2, 0) is 6.54 Å². The highest BCUT2D eigenvalue weighted by molar-refractivity contribution is 5.93. The van der Waals surface area contributed by atoms with Gasteiger partial charge in [0, 0.05) is 42.6 Å². The summed E-state index contributed by atoms with van der Waals surface area (Å²) < 4.78 is 2.16. The molecule has 1 N–H and O–H groups in total. The monoisotopic (exact) mass is 279 g/mol. The Bertz CT molecular complexity index is 762. The molecule has 0 spiro atoms. The number of aryl methyl sites for hydroxylation is 1. The number of hydrogen-bond donors (Lipinski definition) is 1. The van der Waals surface area contributed by atoms with E-state index in [1.54, 1.807) is 24.5 Å². The van der Waals surface area contributed by atoms with Gasteiger partial charge < -0.3 is 9.88 Å². The summed E-state index contributed by atoms with van der Waals surface area (Å²) >= 11 is 0. The third-order valence-electron chi connectivity index (χ3n) is 3.59. The first-order valence-corrected chi connectivity index (χ1v) is 6.98. The van der Waals surface area contributed by atoms with E-state index in [4.69, 9.17) is 0 Å². The zero-order valence-corrected chi connectivity index (χ0v) is 11.9. The van der Waals surface area contributed by atoms with Crippen molar-refractivity contribution in [3.63, 3.8) is 0 Å². The molecule has 0 aliphatic rings. The normalized spacial score (nSPS) is 10.7. The molecule has 3 aromatic rings. The van der Waals surface area contributed by atoms with Gasteiger partial charge in [-0.25, -0.2) is 0 Å². The van der Waals surface area contributed by atoms with E-state index in [1.807, 2.05) is 0 Å². The van der Waals surface area contributed by atoms with Crippen molar-refractivity contribution in [2.45, 2.75) is 13.5 Å². The average molecular weight is 279 g/mol. The van der Waals surface area contributed by atoms with E-state index in [-0.39, 0.29) is 5.91 Å². The molecule has 0 bridgehead atoms. The molecule has 1 amide bonds. The van der Waals surface area contributed by atoms with Gasteiger partial charge in [0.2, 0.25) is 0 Å². The van der Waals surface area contributed by atoms with E-state index in [0.29, 0.717) is 12.1 Å². The first-order valence-electron chi connectivity index (χ1n) is 6.98. The maximum absolute atomic E-state index is 11.9. The van der Waals surface area contributed by atoms with E-state index in [1.165, 1.54) is 16.5 Å². The van der Waals surface area contributed by atoms with Crippen molar-refractivity contribution in [2.24, 2.45) is 0 Å². The van der Waals surface area contributed by atoms with Gasteiger partial charge in [-0.3, -0.25) is 9.78 Å². The summed E-state index contributed by atoms with van der Waals surface area (Å²) in [6.07, 6.45) is 5.29. The number of carbonyl (C=O) groups excluding carboxylic acids is 1. The lowest BCUT2D eigenvalue weighted by Crippen LogP contribution is -2.27. The second kappa shape index (κ2) is 5.79. The zero-order chi connectivity index (χ0) is 14.7. The largest absolute Gasteiger partial charge is 0.350 e. The predicted molar refractivity (Wildman–Crippen MR) is 83.2 cm³/mol. The number of nitrogens with one attached hydrogen (secondary N) is 1. The minimum atomic E-state index is -0.0873. The van der Waals surface area contributed by atoms with E-state index < -0.39 is 0 Å². The van der Waals surface area contributed by atoms with Gasteiger partial charge in [-0.15, -0.1) is 0 Å². The fourth-order valence-corrected chi connectivity index (χ4v) is 2.46. The SMILES string of the molecule is Cc1cccc2c1ccn2CCNC(=O)c1cccnc1. The maximum atomic E-state index is 11.9. The van der Waals surface area contributed by atoms with E-state index >= 15 is 0 Å². The first-order chi connectivity index (χ1) is 10.3. The van der Waals surface area contributed by atoms with Gasteiger partial charge in [0.15, 0.2) is 0 Å². The number of pyridine rings is 1. The Kier molecular flexibility index (Phi) is 3.69. The summed E-state index contributed by atoms with van der Waals surface area (Å²) in [4.78, 5) is 15.9. The van der Waals surface area contributed by atoms with E-state index in [0.717, 1.165) is 6.54 Å². The summed E-state index contributed by atoms with van der Waals surface area (Å²) in [6, 6.07) is 11.9. The fourth-order valence-electron chi connectivity index (χ4n) is 2.46. The molecule has 21 heavy (non-hydrogen) atoms. The minimum absolute atomic E-state index is 0.0873. The van der Waals surface area contributed by atoms with Crippen molar-refractivity contribution >= 4 is 16.8 Å². The quantitative estimate of drug-likeness (QED) is 0.798. The number of aromatic nitrogens is 2. The third-order valence-corrected chi connectivity index (χ3v) is 3.59. The fraction of sp³-hybridized carbons (Fsp3) is 0.176. The van der Waals surface area contributed by atoms with Gasteiger partial charge >= 0.3 is 0 Å². The number of carbonyl (C=O) groups is 1. The van der Waals surface area contributed by atoms with Gasteiger partial charge in [0.25, 0.3) is 5.91 Å². The Morgan fingerprint density at radius 2 is 2.14 bits per heavy atom. The molecule has 4 heteroatoms. The van der Waals surface area contributed by atoms with Crippen molar-refractivity contribution in [3.8, 4) is 0 Å². The number of benzene rings is 1. The summed E-state index contributed by atoms with van der Waals surface area (Å²) in [7, 11) is 0. The molecule has 4 nitrogen and oxygen atoms in total.